The molecule has 0 heterocycles. The SMILES string of the molecule is C.C.C.C.O.O=C([O-])[O-].O=C=O.O=CO[O-].[OH-]. The van der Waals surface area contributed by atoms with Gasteiger partial charge in [0.05, 0.1) is 0 Å². The van der Waals surface area contributed by atoms with E-state index >= 15 is 0 Å². The minimum absolute atomic E-state index is 0. The lowest BCUT2D eigenvalue weighted by Gasteiger charge is -1.96. The summed E-state index contributed by atoms with van der Waals surface area (Å²) < 4.78 is 0. The van der Waals surface area contributed by atoms with Crippen LogP contribution in [0.5, 0.6) is 0 Å². The van der Waals surface area contributed by atoms with Crippen molar-refractivity contribution in [3.8, 4) is 0 Å². The van der Waals surface area contributed by atoms with Crippen LogP contribution in [0.3, 0.4) is 0 Å². The lowest BCUT2D eigenvalue weighted by molar-refractivity contribution is -0.652. The van der Waals surface area contributed by atoms with Crippen LogP contribution in [0.25, 0.3) is 0 Å². The first-order valence-corrected chi connectivity index (χ1v) is 1.66. The zero-order chi connectivity index (χ0) is 9.70. The van der Waals surface area contributed by atoms with Crippen LogP contribution in [0.2, 0.25) is 0 Å². The molecule has 0 aromatic carbocycles. The topological polar surface area (TPSA) is 208 Å². The van der Waals surface area contributed by atoms with Gasteiger partial charge in [-0.1, -0.05) is 29.7 Å². The molecule has 0 aromatic rings. The molecular weight excluding hydrogens is 244 g/mol. The van der Waals surface area contributed by atoms with E-state index in [1.54, 1.807) is 0 Å². The lowest BCUT2D eigenvalue weighted by atomic mass is 11.5. The molecule has 17 heavy (non-hydrogen) atoms. The minimum atomic E-state index is -2.33. The third kappa shape index (κ3) is 2020. The fourth-order valence-corrected chi connectivity index (χ4v) is 0. The first-order valence-electron chi connectivity index (χ1n) is 1.66. The van der Waals surface area contributed by atoms with Gasteiger partial charge in [0.15, 0.2) is 0 Å². The molecule has 0 bridgehead atoms. The van der Waals surface area contributed by atoms with Crippen LogP contribution in [-0.2, 0) is 19.3 Å². The third-order valence-electron chi connectivity index (χ3n) is 0.0393. The maximum absolute atomic E-state index is 8.64. The number of carboxylic acid groups (broad SMARTS) is 2. The molecule has 10 nitrogen and oxygen atoms in total. The Morgan fingerprint density at radius 2 is 1.12 bits per heavy atom. The molecule has 0 saturated carbocycles. The smallest absolute Gasteiger partial charge is 0.373 e. The molecule has 0 aliphatic carbocycles. The van der Waals surface area contributed by atoms with E-state index in [1.807, 2.05) is 0 Å². The summed E-state index contributed by atoms with van der Waals surface area (Å²) in [6.45, 7) is -0.181. The third-order valence-corrected chi connectivity index (χ3v) is 0.0393. The summed E-state index contributed by atoms with van der Waals surface area (Å²) in [4.78, 5) is 35.8. The highest BCUT2D eigenvalue weighted by atomic mass is 17.1. The van der Waals surface area contributed by atoms with Gasteiger partial charge in [0.1, 0.15) is 0 Å². The zero-order valence-electron chi connectivity index (χ0n) is 5.79. The fourth-order valence-electron chi connectivity index (χ4n) is 0. The molecule has 0 amide bonds. The van der Waals surface area contributed by atoms with Crippen molar-refractivity contribution >= 4 is 18.8 Å². The summed E-state index contributed by atoms with van der Waals surface area (Å²) in [6.07, 6.45) is -2.08. The van der Waals surface area contributed by atoms with Crippen LogP contribution in [-0.4, -0.2) is 29.7 Å². The van der Waals surface area contributed by atoms with E-state index in [1.165, 1.54) is 0 Å². The Hall–Kier alpha value is -2.00. The van der Waals surface area contributed by atoms with Crippen molar-refractivity contribution in [3.05, 3.63) is 0 Å². The monoisotopic (exact) mass is 264 g/mol. The fraction of sp³-hybridized carbons (Fsp3) is 0.571. The summed E-state index contributed by atoms with van der Waals surface area (Å²) in [7, 11) is 0. The van der Waals surface area contributed by atoms with Crippen molar-refractivity contribution in [2.24, 2.45) is 0 Å². The normalized spacial score (nSPS) is 3.12. The van der Waals surface area contributed by atoms with E-state index in [2.05, 4.69) is 4.89 Å². The van der Waals surface area contributed by atoms with Gasteiger partial charge in [0, 0.05) is 0 Å². The molecule has 0 atom stereocenters. The molecule has 0 saturated heterocycles. The molecule has 0 rings (SSSR count). The highest BCUT2D eigenvalue weighted by molar-refractivity contribution is 5.47. The van der Waals surface area contributed by atoms with Crippen LogP contribution in [0.4, 0.5) is 4.79 Å². The Balaban J connectivity index is -0.00000000691. The quantitative estimate of drug-likeness (QED) is 0.267. The van der Waals surface area contributed by atoms with Gasteiger partial charge in [-0.15, -0.1) is 0 Å². The average Bonchev–Trinajstić information content (AvgIpc) is 1.88. The van der Waals surface area contributed by atoms with Crippen LogP contribution < -0.4 is 15.5 Å². The van der Waals surface area contributed by atoms with Crippen LogP contribution in [0.1, 0.15) is 29.7 Å². The van der Waals surface area contributed by atoms with Crippen molar-refractivity contribution in [3.63, 3.8) is 0 Å². The molecule has 3 N–H and O–H groups in total. The minimum Gasteiger partial charge on any atom is -0.870 e. The first-order chi connectivity index (χ1) is 5.06. The van der Waals surface area contributed by atoms with E-state index in [0.29, 0.717) is 0 Å². The second-order valence-electron chi connectivity index (χ2n) is 0.526. The Morgan fingerprint density at radius 3 is 1.12 bits per heavy atom. The maximum Gasteiger partial charge on any atom is 0.373 e. The van der Waals surface area contributed by atoms with Gasteiger partial charge in [0.25, 0.3) is 6.47 Å². The number of carbonyl (C=O) groups excluding carboxylic acids is 4. The molecule has 0 spiro atoms. The van der Waals surface area contributed by atoms with E-state index in [4.69, 9.17) is 34.6 Å². The van der Waals surface area contributed by atoms with Gasteiger partial charge >= 0.3 is 6.15 Å². The largest absolute Gasteiger partial charge is 0.870 e. The van der Waals surface area contributed by atoms with Crippen LogP contribution in [0, 0.1) is 0 Å². The molecule has 0 radical (unpaired) electrons. The highest BCUT2D eigenvalue weighted by Crippen LogP contribution is 1.23. The Bertz CT molecular complexity index is 125. The van der Waals surface area contributed by atoms with Gasteiger partial charge < -0.3 is 36.1 Å². The number of hydrogen-bond donors (Lipinski definition) is 0. The van der Waals surface area contributed by atoms with Gasteiger partial charge in [-0.2, -0.15) is 9.59 Å². The second kappa shape index (κ2) is 148. The standard InChI is InChI=1S/2CH2O3.CO2.4CH4.2H2O/c2-1-4-3;2-1(3)4;2-1-3;;;;;;/h1,3H;(H2,2,3,4);;4*1H4;2*1H2/p-4. The summed E-state index contributed by atoms with van der Waals surface area (Å²) in [6, 6.07) is 0. The number of rotatable bonds is 1. The second-order valence-corrected chi connectivity index (χ2v) is 0.526. The van der Waals surface area contributed by atoms with Gasteiger partial charge in [-0.3, -0.25) is 4.79 Å². The van der Waals surface area contributed by atoms with Gasteiger partial charge in [-0.05, 0) is 6.16 Å². The van der Waals surface area contributed by atoms with Crippen LogP contribution >= 0.6 is 0 Å². The number of carbonyl (C=O) groups is 2. The predicted octanol–water partition coefficient (Wildman–Crippen LogP) is -3.05. The van der Waals surface area contributed by atoms with E-state index < -0.39 is 6.16 Å². The van der Waals surface area contributed by atoms with E-state index in [0.717, 1.165) is 0 Å². The van der Waals surface area contributed by atoms with Crippen molar-refractivity contribution < 1.29 is 50.5 Å². The zero-order valence-corrected chi connectivity index (χ0v) is 5.79. The molecular formula is C7H20O10-4. The first kappa shape index (κ1) is 81.7. The average molecular weight is 264 g/mol. The Kier molecular flexibility index (Phi) is 710. The molecule has 0 unspecified atom stereocenters. The molecule has 0 aromatic heterocycles. The summed E-state index contributed by atoms with van der Waals surface area (Å²) in [5, 5.41) is 25.1. The van der Waals surface area contributed by atoms with Gasteiger partial charge in [0.2, 0.25) is 0 Å². The molecule has 112 valence electrons. The molecule has 0 aliphatic heterocycles. The maximum atomic E-state index is 8.64. The van der Waals surface area contributed by atoms with Crippen molar-refractivity contribution in [2.45, 2.75) is 29.7 Å². The highest BCUT2D eigenvalue weighted by Gasteiger charge is 1.34. The Labute approximate surface area is 100.0 Å². The number of hydrogen-bond acceptors (Lipinski definition) is 9. The molecule has 0 aliphatic rings. The summed E-state index contributed by atoms with van der Waals surface area (Å²) >= 11 is 0. The molecule has 0 fully saturated rings. The van der Waals surface area contributed by atoms with Gasteiger partial charge in [-0.25, -0.2) is 0 Å². The summed E-state index contributed by atoms with van der Waals surface area (Å²) in [5.41, 5.74) is 0. The van der Waals surface area contributed by atoms with Crippen molar-refractivity contribution in [1.82, 2.24) is 0 Å². The molecule has 10 heteroatoms. The van der Waals surface area contributed by atoms with Crippen molar-refractivity contribution in [2.75, 3.05) is 0 Å². The van der Waals surface area contributed by atoms with E-state index in [-0.39, 0.29) is 53.3 Å². The van der Waals surface area contributed by atoms with Crippen molar-refractivity contribution in [1.29, 1.82) is 0 Å². The lowest BCUT2D eigenvalue weighted by Crippen LogP contribution is -2.37. The Morgan fingerprint density at radius 1 is 1.06 bits per heavy atom. The van der Waals surface area contributed by atoms with Crippen LogP contribution in [0.15, 0.2) is 0 Å². The van der Waals surface area contributed by atoms with E-state index in [9.17, 15) is 0 Å². The summed E-state index contributed by atoms with van der Waals surface area (Å²) in [5.74, 6) is 0. The predicted molar refractivity (Wildman–Crippen MR) is 50.0 cm³/mol.